The lowest BCUT2D eigenvalue weighted by Gasteiger charge is -2.04. The number of rotatable bonds is 1. The van der Waals surface area contributed by atoms with E-state index < -0.39 is 0 Å². The van der Waals surface area contributed by atoms with Crippen molar-refractivity contribution in [3.8, 4) is 11.4 Å². The van der Waals surface area contributed by atoms with Crippen molar-refractivity contribution in [2.45, 2.75) is 6.92 Å². The molecule has 1 aromatic heterocycles. The van der Waals surface area contributed by atoms with Gasteiger partial charge in [0.15, 0.2) is 5.82 Å². The van der Waals surface area contributed by atoms with Crippen LogP contribution in [-0.2, 0) is 0 Å². The van der Waals surface area contributed by atoms with Crippen LogP contribution >= 0.6 is 23.2 Å². The van der Waals surface area contributed by atoms with Gasteiger partial charge in [0, 0.05) is 17.3 Å². The number of hydrogen-bond acceptors (Lipinski definition) is 3. The molecule has 1 aromatic carbocycles. The van der Waals surface area contributed by atoms with E-state index in [-0.39, 0.29) is 0 Å². The number of nitrogens with two attached hydrogens (primary N) is 1. The predicted molar refractivity (Wildman–Crippen MR) is 66.6 cm³/mol. The Morgan fingerprint density at radius 3 is 2.56 bits per heavy atom. The summed E-state index contributed by atoms with van der Waals surface area (Å²) in [4.78, 5) is 8.37. The molecule has 0 atom stereocenters. The van der Waals surface area contributed by atoms with Crippen molar-refractivity contribution in [1.82, 2.24) is 9.97 Å². The Kier molecular flexibility index (Phi) is 2.99. The summed E-state index contributed by atoms with van der Waals surface area (Å²) < 4.78 is 0. The highest BCUT2D eigenvalue weighted by molar-refractivity contribution is 6.42. The molecule has 16 heavy (non-hydrogen) atoms. The molecule has 0 radical (unpaired) electrons. The average molecular weight is 254 g/mol. The van der Waals surface area contributed by atoms with Gasteiger partial charge >= 0.3 is 0 Å². The lowest BCUT2D eigenvalue weighted by molar-refractivity contribution is 1.15. The molecule has 3 nitrogen and oxygen atoms in total. The SMILES string of the molecule is Cc1cnc(-c2ccc(Cl)c(Cl)c2)nc1N. The highest BCUT2D eigenvalue weighted by atomic mass is 35.5. The van der Waals surface area contributed by atoms with E-state index in [1.807, 2.05) is 6.92 Å². The summed E-state index contributed by atoms with van der Waals surface area (Å²) in [5, 5.41) is 0.979. The van der Waals surface area contributed by atoms with Gasteiger partial charge in [-0.1, -0.05) is 23.2 Å². The van der Waals surface area contributed by atoms with Crippen molar-refractivity contribution < 1.29 is 0 Å². The van der Waals surface area contributed by atoms with E-state index in [2.05, 4.69) is 9.97 Å². The monoisotopic (exact) mass is 253 g/mol. The van der Waals surface area contributed by atoms with Crippen molar-refractivity contribution in [3.63, 3.8) is 0 Å². The topological polar surface area (TPSA) is 51.8 Å². The fraction of sp³-hybridized carbons (Fsp3) is 0.0909. The van der Waals surface area contributed by atoms with Crippen LogP contribution in [-0.4, -0.2) is 9.97 Å². The Balaban J connectivity index is 2.50. The van der Waals surface area contributed by atoms with Crippen molar-refractivity contribution in [3.05, 3.63) is 40.0 Å². The van der Waals surface area contributed by atoms with Crippen LogP contribution in [0.2, 0.25) is 10.0 Å². The molecule has 0 unspecified atom stereocenters. The van der Waals surface area contributed by atoms with Gasteiger partial charge in [0.2, 0.25) is 0 Å². The summed E-state index contributed by atoms with van der Waals surface area (Å²) in [5.41, 5.74) is 7.36. The number of aryl methyl sites for hydroxylation is 1. The van der Waals surface area contributed by atoms with Gasteiger partial charge in [0.1, 0.15) is 5.82 Å². The van der Waals surface area contributed by atoms with E-state index in [4.69, 9.17) is 28.9 Å². The maximum absolute atomic E-state index is 5.92. The van der Waals surface area contributed by atoms with Crippen LogP contribution in [0.4, 0.5) is 5.82 Å². The fourth-order valence-electron chi connectivity index (χ4n) is 1.23. The summed E-state index contributed by atoms with van der Waals surface area (Å²) >= 11 is 11.7. The largest absolute Gasteiger partial charge is 0.383 e. The van der Waals surface area contributed by atoms with E-state index in [1.165, 1.54) is 0 Å². The molecule has 0 saturated heterocycles. The molecule has 0 fully saturated rings. The van der Waals surface area contributed by atoms with Crippen LogP contribution in [0, 0.1) is 6.92 Å². The minimum atomic E-state index is 0.469. The van der Waals surface area contributed by atoms with Gasteiger partial charge in [-0.15, -0.1) is 0 Å². The second-order valence-corrected chi connectivity index (χ2v) is 4.21. The molecular weight excluding hydrogens is 245 g/mol. The summed E-state index contributed by atoms with van der Waals surface area (Å²) in [6.07, 6.45) is 1.68. The highest BCUT2D eigenvalue weighted by Crippen LogP contribution is 2.27. The zero-order valence-corrected chi connectivity index (χ0v) is 10.0. The second kappa shape index (κ2) is 4.28. The number of hydrogen-bond donors (Lipinski definition) is 1. The molecule has 0 aliphatic heterocycles. The molecule has 0 amide bonds. The molecule has 82 valence electrons. The third-order valence-corrected chi connectivity index (χ3v) is 2.93. The van der Waals surface area contributed by atoms with Gasteiger partial charge in [-0.05, 0) is 25.1 Å². The standard InChI is InChI=1S/C11H9Cl2N3/c1-6-5-15-11(16-10(6)14)7-2-3-8(12)9(13)4-7/h2-5H,1H3,(H2,14,15,16). The molecule has 0 aliphatic rings. The van der Waals surface area contributed by atoms with Gasteiger partial charge in [-0.3, -0.25) is 0 Å². The van der Waals surface area contributed by atoms with Gasteiger partial charge in [-0.2, -0.15) is 0 Å². The first-order valence-corrected chi connectivity index (χ1v) is 5.38. The molecule has 2 N–H and O–H groups in total. The van der Waals surface area contributed by atoms with E-state index >= 15 is 0 Å². The fourth-order valence-corrected chi connectivity index (χ4v) is 1.53. The van der Waals surface area contributed by atoms with Crippen LogP contribution in [0.3, 0.4) is 0 Å². The van der Waals surface area contributed by atoms with E-state index in [9.17, 15) is 0 Å². The van der Waals surface area contributed by atoms with Crippen molar-refractivity contribution in [1.29, 1.82) is 0 Å². The molecule has 0 aliphatic carbocycles. The zero-order valence-electron chi connectivity index (χ0n) is 8.54. The Morgan fingerprint density at radius 2 is 1.94 bits per heavy atom. The average Bonchev–Trinajstić information content (AvgIpc) is 2.26. The first-order chi connectivity index (χ1) is 7.58. The third-order valence-electron chi connectivity index (χ3n) is 2.19. The molecule has 0 saturated carbocycles. The summed E-state index contributed by atoms with van der Waals surface area (Å²) in [5.74, 6) is 1.01. The van der Waals surface area contributed by atoms with Crippen LogP contribution < -0.4 is 5.73 Å². The minimum absolute atomic E-state index is 0.469. The van der Waals surface area contributed by atoms with Crippen LogP contribution in [0.25, 0.3) is 11.4 Å². The van der Waals surface area contributed by atoms with E-state index in [0.717, 1.165) is 11.1 Å². The number of nitrogens with zero attached hydrogens (tertiary/aromatic N) is 2. The Morgan fingerprint density at radius 1 is 1.19 bits per heavy atom. The molecule has 2 aromatic rings. The lowest BCUT2D eigenvalue weighted by atomic mass is 10.2. The molecule has 5 heteroatoms. The number of aromatic nitrogens is 2. The van der Waals surface area contributed by atoms with Gasteiger partial charge < -0.3 is 5.73 Å². The second-order valence-electron chi connectivity index (χ2n) is 3.39. The number of nitrogen functional groups attached to an aromatic ring is 1. The van der Waals surface area contributed by atoms with Crippen LogP contribution in [0.1, 0.15) is 5.56 Å². The smallest absolute Gasteiger partial charge is 0.161 e. The quantitative estimate of drug-likeness (QED) is 0.849. The highest BCUT2D eigenvalue weighted by Gasteiger charge is 2.06. The van der Waals surface area contributed by atoms with Gasteiger partial charge in [0.25, 0.3) is 0 Å². The molecule has 0 bridgehead atoms. The number of anilines is 1. The Labute approximate surface area is 103 Å². The predicted octanol–water partition coefficient (Wildman–Crippen LogP) is 3.34. The van der Waals surface area contributed by atoms with Crippen molar-refractivity contribution in [2.75, 3.05) is 5.73 Å². The first-order valence-electron chi connectivity index (χ1n) is 4.62. The molecular formula is C11H9Cl2N3. The van der Waals surface area contributed by atoms with E-state index in [1.54, 1.807) is 24.4 Å². The third kappa shape index (κ3) is 2.10. The summed E-state index contributed by atoms with van der Waals surface area (Å²) in [7, 11) is 0. The summed E-state index contributed by atoms with van der Waals surface area (Å²) in [6, 6.07) is 5.23. The Hall–Kier alpha value is -1.32. The first kappa shape index (κ1) is 11.2. The summed E-state index contributed by atoms with van der Waals surface area (Å²) in [6.45, 7) is 1.86. The lowest BCUT2D eigenvalue weighted by Crippen LogP contribution is -1.98. The maximum Gasteiger partial charge on any atom is 0.161 e. The van der Waals surface area contributed by atoms with Crippen LogP contribution in [0.15, 0.2) is 24.4 Å². The molecule has 2 rings (SSSR count). The number of benzene rings is 1. The zero-order chi connectivity index (χ0) is 11.7. The van der Waals surface area contributed by atoms with Crippen LogP contribution in [0.5, 0.6) is 0 Å². The minimum Gasteiger partial charge on any atom is -0.383 e. The van der Waals surface area contributed by atoms with Crippen molar-refractivity contribution in [2.24, 2.45) is 0 Å². The molecule has 1 heterocycles. The maximum atomic E-state index is 5.92. The number of halogens is 2. The van der Waals surface area contributed by atoms with Crippen molar-refractivity contribution >= 4 is 29.0 Å². The Bertz CT molecular complexity index is 491. The molecule has 0 spiro atoms. The van der Waals surface area contributed by atoms with Gasteiger partial charge in [0.05, 0.1) is 10.0 Å². The van der Waals surface area contributed by atoms with E-state index in [0.29, 0.717) is 21.7 Å². The normalized spacial score (nSPS) is 10.4. The van der Waals surface area contributed by atoms with Gasteiger partial charge in [-0.25, -0.2) is 9.97 Å².